The number of hydrogen-bond donors (Lipinski definition) is 2. The van der Waals surface area contributed by atoms with E-state index in [0.29, 0.717) is 16.7 Å². The van der Waals surface area contributed by atoms with Crippen LogP contribution in [-0.2, 0) is 6.42 Å². The van der Waals surface area contributed by atoms with E-state index < -0.39 is 0 Å². The Morgan fingerprint density at radius 1 is 1.27 bits per heavy atom. The lowest BCUT2D eigenvalue weighted by Crippen LogP contribution is -2.33. The lowest BCUT2D eigenvalue weighted by Gasteiger charge is -2.32. The third-order valence-electron chi connectivity index (χ3n) is 4.80. The van der Waals surface area contributed by atoms with Gasteiger partial charge in [-0.25, -0.2) is 4.39 Å². The van der Waals surface area contributed by atoms with Crippen molar-refractivity contribution in [1.29, 1.82) is 10.8 Å². The zero-order valence-electron chi connectivity index (χ0n) is 14.7. The Labute approximate surface area is 150 Å². The third-order valence-corrected chi connectivity index (χ3v) is 4.80. The van der Waals surface area contributed by atoms with Gasteiger partial charge >= 0.3 is 0 Å². The third kappa shape index (κ3) is 2.47. The van der Waals surface area contributed by atoms with E-state index in [9.17, 15) is 4.39 Å². The highest BCUT2D eigenvalue weighted by Crippen LogP contribution is 2.36. The topological polar surface area (TPSA) is 81.7 Å². The van der Waals surface area contributed by atoms with E-state index in [2.05, 4.69) is 9.97 Å². The molecule has 0 spiro atoms. The normalized spacial score (nSPS) is 13.7. The maximum absolute atomic E-state index is 14.0. The summed E-state index contributed by atoms with van der Waals surface area (Å²) < 4.78 is 15.4. The van der Waals surface area contributed by atoms with E-state index in [1.165, 1.54) is 22.3 Å². The average molecular weight is 350 g/mol. The van der Waals surface area contributed by atoms with E-state index >= 15 is 0 Å². The number of pyridine rings is 1. The van der Waals surface area contributed by atoms with Crippen molar-refractivity contribution in [3.05, 3.63) is 53.2 Å². The molecule has 0 saturated carbocycles. The molecule has 2 aromatic heterocycles. The molecule has 4 rings (SSSR count). The highest BCUT2D eigenvalue weighted by Gasteiger charge is 2.24. The minimum absolute atomic E-state index is 0.0423. The molecule has 0 fully saturated rings. The zero-order valence-corrected chi connectivity index (χ0v) is 14.7. The second kappa shape index (κ2) is 6.01. The second-order valence-corrected chi connectivity index (χ2v) is 6.55. The Morgan fingerprint density at radius 3 is 2.85 bits per heavy atom. The minimum Gasteiger partial charge on any atom is -0.324 e. The van der Waals surface area contributed by atoms with Gasteiger partial charge in [0.15, 0.2) is 0 Å². The van der Waals surface area contributed by atoms with E-state index in [4.69, 9.17) is 10.8 Å². The molecule has 1 aliphatic rings. The van der Waals surface area contributed by atoms with Crippen molar-refractivity contribution in [3.63, 3.8) is 0 Å². The summed E-state index contributed by atoms with van der Waals surface area (Å²) in [5.74, 6) is 0.338. The summed E-state index contributed by atoms with van der Waals surface area (Å²) in [4.78, 5) is 10.8. The van der Waals surface area contributed by atoms with Crippen LogP contribution < -0.4 is 10.5 Å². The molecule has 6 nitrogen and oxygen atoms in total. The molecule has 132 valence electrons. The highest BCUT2D eigenvalue weighted by molar-refractivity contribution is 5.97. The zero-order chi connectivity index (χ0) is 18.4. The molecule has 0 amide bonds. The van der Waals surface area contributed by atoms with Crippen LogP contribution >= 0.6 is 0 Å². The average Bonchev–Trinajstić information content (AvgIpc) is 2.61. The van der Waals surface area contributed by atoms with Gasteiger partial charge in [0.2, 0.25) is 5.62 Å². The van der Waals surface area contributed by atoms with Crippen LogP contribution in [0.25, 0.3) is 10.9 Å². The Morgan fingerprint density at radius 2 is 2.08 bits per heavy atom. The van der Waals surface area contributed by atoms with E-state index in [1.807, 2.05) is 18.0 Å². The lowest BCUT2D eigenvalue weighted by molar-refractivity contribution is 0.629. The minimum atomic E-state index is -0.368. The number of benzene rings is 1. The Hall–Kier alpha value is -3.09. The van der Waals surface area contributed by atoms with Crippen LogP contribution in [0.1, 0.15) is 24.5 Å². The van der Waals surface area contributed by atoms with Gasteiger partial charge in [0.05, 0.1) is 17.4 Å². The molecular weight excluding hydrogens is 331 g/mol. The molecule has 0 saturated heterocycles. The molecule has 26 heavy (non-hydrogen) atoms. The number of fused-ring (bicyclic) bond motifs is 2. The molecular formula is C19H19FN6. The smallest absolute Gasteiger partial charge is 0.230 e. The van der Waals surface area contributed by atoms with Crippen LogP contribution in [0, 0.1) is 23.6 Å². The van der Waals surface area contributed by atoms with Gasteiger partial charge in [0, 0.05) is 18.1 Å². The first-order valence-electron chi connectivity index (χ1n) is 8.51. The maximum atomic E-state index is 14.0. The molecule has 0 radical (unpaired) electrons. The number of nitrogens with zero attached hydrogens (tertiary/aromatic N) is 4. The first-order chi connectivity index (χ1) is 12.5. The molecule has 7 heteroatoms. The fourth-order valence-electron chi connectivity index (χ4n) is 3.64. The van der Waals surface area contributed by atoms with E-state index in [0.717, 1.165) is 30.6 Å². The van der Waals surface area contributed by atoms with Crippen LogP contribution in [-0.4, -0.2) is 26.9 Å². The number of rotatable bonds is 1. The van der Waals surface area contributed by atoms with Gasteiger partial charge in [-0.05, 0) is 56.0 Å². The quantitative estimate of drug-likeness (QED) is 0.522. The van der Waals surface area contributed by atoms with Crippen LogP contribution in [0.4, 0.5) is 15.9 Å². The summed E-state index contributed by atoms with van der Waals surface area (Å²) in [6.07, 6.45) is 5.57. The number of aryl methyl sites for hydroxylation is 1. The number of nitrogens with one attached hydrogen (secondary N) is 2. The predicted molar refractivity (Wildman–Crippen MR) is 98.6 cm³/mol. The lowest BCUT2D eigenvalue weighted by atomic mass is 9.99. The molecule has 0 atom stereocenters. The Bertz CT molecular complexity index is 1100. The molecule has 2 N–H and O–H groups in total. The summed E-state index contributed by atoms with van der Waals surface area (Å²) in [7, 11) is 0. The number of aromatic nitrogens is 3. The van der Waals surface area contributed by atoms with Crippen molar-refractivity contribution >= 4 is 28.2 Å². The molecule has 0 bridgehead atoms. The Kier molecular flexibility index (Phi) is 3.79. The number of anilines is 2. The Balaban J connectivity index is 2.04. The predicted octanol–water partition coefficient (Wildman–Crippen LogP) is 3.29. The number of hydrogen-bond acceptors (Lipinski definition) is 5. The molecule has 3 aromatic rings. The largest absolute Gasteiger partial charge is 0.324 e. The van der Waals surface area contributed by atoms with Crippen LogP contribution in [0.2, 0.25) is 0 Å². The summed E-state index contributed by atoms with van der Waals surface area (Å²) in [5, 5.41) is 16.8. The first-order valence-corrected chi connectivity index (χ1v) is 8.51. The van der Waals surface area contributed by atoms with Gasteiger partial charge < -0.3 is 4.90 Å². The van der Waals surface area contributed by atoms with Gasteiger partial charge in [0.1, 0.15) is 17.5 Å². The van der Waals surface area contributed by atoms with Crippen LogP contribution in [0.3, 0.4) is 0 Å². The molecule has 1 aromatic carbocycles. The monoisotopic (exact) mass is 350 g/mol. The summed E-state index contributed by atoms with van der Waals surface area (Å²) in [6.45, 7) is 4.35. The van der Waals surface area contributed by atoms with Gasteiger partial charge in [0.25, 0.3) is 0 Å². The first kappa shape index (κ1) is 16.4. The molecule has 0 unspecified atom stereocenters. The number of halogens is 1. The fourth-order valence-corrected chi connectivity index (χ4v) is 3.64. The van der Waals surface area contributed by atoms with Gasteiger partial charge in [-0.3, -0.25) is 20.4 Å². The van der Waals surface area contributed by atoms with Crippen molar-refractivity contribution < 1.29 is 4.39 Å². The van der Waals surface area contributed by atoms with Gasteiger partial charge in [-0.2, -0.15) is 4.98 Å². The fraction of sp³-hybridized carbons (Fsp3) is 0.263. The van der Waals surface area contributed by atoms with E-state index in [-0.39, 0.29) is 17.3 Å². The van der Waals surface area contributed by atoms with Crippen molar-refractivity contribution in [2.24, 2.45) is 0 Å². The van der Waals surface area contributed by atoms with Crippen molar-refractivity contribution in [3.8, 4) is 0 Å². The SMILES string of the molecule is CC(=N)n1c(=N)nc(N2CCCc3c(C)cncc32)c2cc(F)ccc21. The van der Waals surface area contributed by atoms with Gasteiger partial charge in [-0.1, -0.05) is 0 Å². The van der Waals surface area contributed by atoms with Crippen molar-refractivity contribution in [2.45, 2.75) is 26.7 Å². The molecule has 1 aliphatic heterocycles. The summed E-state index contributed by atoms with van der Waals surface area (Å²) in [6, 6.07) is 4.38. The maximum Gasteiger partial charge on any atom is 0.230 e. The molecule has 3 heterocycles. The van der Waals surface area contributed by atoms with Gasteiger partial charge in [-0.15, -0.1) is 0 Å². The standard InChI is InChI=1S/C19H19FN6/c1-11-9-23-10-17-14(11)4-3-7-25(17)18-15-8-13(20)5-6-16(15)26(12(2)21)19(22)24-18/h5-6,8-10,21-22H,3-4,7H2,1-2H3. The van der Waals surface area contributed by atoms with E-state index in [1.54, 1.807) is 19.2 Å². The van der Waals surface area contributed by atoms with Crippen molar-refractivity contribution in [2.75, 3.05) is 11.4 Å². The summed E-state index contributed by atoms with van der Waals surface area (Å²) >= 11 is 0. The highest BCUT2D eigenvalue weighted by atomic mass is 19.1. The van der Waals surface area contributed by atoms with Crippen LogP contribution in [0.5, 0.6) is 0 Å². The second-order valence-electron chi connectivity index (χ2n) is 6.55. The van der Waals surface area contributed by atoms with Crippen molar-refractivity contribution in [1.82, 2.24) is 14.5 Å². The molecule has 0 aliphatic carbocycles. The van der Waals surface area contributed by atoms with Crippen LogP contribution in [0.15, 0.2) is 30.6 Å². The summed E-state index contributed by atoms with van der Waals surface area (Å²) in [5.41, 5.74) is 3.85.